The van der Waals surface area contributed by atoms with Gasteiger partial charge in [0.15, 0.2) is 0 Å². The van der Waals surface area contributed by atoms with Gasteiger partial charge in [0.2, 0.25) is 0 Å². The van der Waals surface area contributed by atoms with Gasteiger partial charge in [0.05, 0.1) is 6.33 Å². The molecule has 0 atom stereocenters. The van der Waals surface area contributed by atoms with Crippen molar-refractivity contribution in [3.8, 4) is 0 Å². The van der Waals surface area contributed by atoms with E-state index in [0.717, 1.165) is 19.4 Å². The lowest BCUT2D eigenvalue weighted by Crippen LogP contribution is -2.28. The smallest absolute Gasteiger partial charge is 0.0945 e. The van der Waals surface area contributed by atoms with E-state index in [2.05, 4.69) is 83.1 Å². The van der Waals surface area contributed by atoms with Crippen molar-refractivity contribution in [1.29, 1.82) is 0 Å². The number of aromatic nitrogens is 2. The lowest BCUT2D eigenvalue weighted by atomic mass is 10.1. The van der Waals surface area contributed by atoms with Crippen molar-refractivity contribution in [1.82, 2.24) is 14.5 Å². The van der Waals surface area contributed by atoms with Crippen LogP contribution in [0, 0.1) is 0 Å². The zero-order valence-corrected chi connectivity index (χ0v) is 30.2. The standard InChI is InChI=1S/C42H75N3/c1-3-5-7-9-11-13-15-17-19-21-23-25-27-29-31-33-37-44(39-35-40-45-41-36-43-42-45)38-34-32-30-28-26-24-22-20-18-16-14-12-10-8-6-4-2/h11-14,17-20,36,41-42H,3-10,15-16,21-35,37-40H2,1-2H3/b13-11-,14-12-,19-17-,20-18-. The van der Waals surface area contributed by atoms with Gasteiger partial charge in [-0.2, -0.15) is 0 Å². The third-order valence-electron chi connectivity index (χ3n) is 8.80. The molecule has 0 N–H and O–H groups in total. The van der Waals surface area contributed by atoms with Crippen LogP contribution >= 0.6 is 0 Å². The highest BCUT2D eigenvalue weighted by Gasteiger charge is 2.05. The van der Waals surface area contributed by atoms with E-state index in [1.54, 1.807) is 0 Å². The molecule has 0 aliphatic heterocycles. The average molecular weight is 622 g/mol. The quantitative estimate of drug-likeness (QED) is 0.0564. The predicted octanol–water partition coefficient (Wildman–Crippen LogP) is 13.2. The van der Waals surface area contributed by atoms with Gasteiger partial charge in [-0.3, -0.25) is 0 Å². The molecule has 0 amide bonds. The fourth-order valence-corrected chi connectivity index (χ4v) is 5.88. The first-order valence-electron chi connectivity index (χ1n) is 19.6. The Morgan fingerprint density at radius 2 is 0.867 bits per heavy atom. The summed E-state index contributed by atoms with van der Waals surface area (Å²) in [5.74, 6) is 0. The van der Waals surface area contributed by atoms with Crippen LogP contribution in [0.1, 0.15) is 174 Å². The maximum absolute atomic E-state index is 4.21. The van der Waals surface area contributed by atoms with Crippen LogP contribution in [0.15, 0.2) is 67.3 Å². The van der Waals surface area contributed by atoms with Crippen LogP contribution in [0.4, 0.5) is 0 Å². The van der Waals surface area contributed by atoms with E-state index < -0.39 is 0 Å². The molecule has 0 bridgehead atoms. The Labute approximate surface area is 281 Å². The van der Waals surface area contributed by atoms with Crippen LogP contribution in [0.2, 0.25) is 0 Å². The van der Waals surface area contributed by atoms with Crippen LogP contribution in [0.25, 0.3) is 0 Å². The summed E-state index contributed by atoms with van der Waals surface area (Å²) in [6.45, 7) is 9.40. The molecule has 0 spiro atoms. The van der Waals surface area contributed by atoms with Crippen molar-refractivity contribution in [2.75, 3.05) is 19.6 Å². The second-order valence-electron chi connectivity index (χ2n) is 13.2. The number of imidazole rings is 1. The fourth-order valence-electron chi connectivity index (χ4n) is 5.88. The van der Waals surface area contributed by atoms with Crippen molar-refractivity contribution in [2.45, 2.75) is 181 Å². The summed E-state index contributed by atoms with van der Waals surface area (Å²) < 4.78 is 2.22. The van der Waals surface area contributed by atoms with E-state index in [1.807, 2.05) is 12.5 Å². The molecule has 0 radical (unpaired) electrons. The van der Waals surface area contributed by atoms with Crippen LogP contribution in [0.5, 0.6) is 0 Å². The summed E-state index contributed by atoms with van der Waals surface area (Å²) in [5.41, 5.74) is 0. The van der Waals surface area contributed by atoms with Crippen LogP contribution in [-0.2, 0) is 6.54 Å². The molecule has 0 saturated carbocycles. The minimum atomic E-state index is 1.09. The Bertz CT molecular complexity index is 756. The summed E-state index contributed by atoms with van der Waals surface area (Å²) in [6.07, 6.45) is 57.9. The fraction of sp³-hybridized carbons (Fsp3) is 0.738. The monoisotopic (exact) mass is 622 g/mol. The molecule has 45 heavy (non-hydrogen) atoms. The second kappa shape index (κ2) is 35.0. The second-order valence-corrected chi connectivity index (χ2v) is 13.2. The first-order valence-corrected chi connectivity index (χ1v) is 19.6. The summed E-state index contributed by atoms with van der Waals surface area (Å²) in [4.78, 5) is 6.96. The van der Waals surface area contributed by atoms with Crippen molar-refractivity contribution in [2.24, 2.45) is 0 Å². The molecule has 1 rings (SSSR count). The number of hydrogen-bond donors (Lipinski definition) is 0. The largest absolute Gasteiger partial charge is 0.337 e. The number of hydrogen-bond acceptors (Lipinski definition) is 2. The van der Waals surface area contributed by atoms with Crippen molar-refractivity contribution in [3.05, 3.63) is 67.3 Å². The van der Waals surface area contributed by atoms with Gasteiger partial charge >= 0.3 is 0 Å². The first-order chi connectivity index (χ1) is 22.4. The molecular weight excluding hydrogens is 546 g/mol. The predicted molar refractivity (Wildman–Crippen MR) is 202 cm³/mol. The molecule has 258 valence electrons. The van der Waals surface area contributed by atoms with Gasteiger partial charge in [-0.15, -0.1) is 0 Å². The number of nitrogens with zero attached hydrogens (tertiary/aromatic N) is 3. The summed E-state index contributed by atoms with van der Waals surface area (Å²) in [5, 5.41) is 0. The molecule has 0 aromatic carbocycles. The Morgan fingerprint density at radius 3 is 1.29 bits per heavy atom. The third kappa shape index (κ3) is 30.5. The first kappa shape index (κ1) is 41.2. The SMILES string of the molecule is CCCCC/C=C\C/C=C\CCCCCCCCN(CCCCCCCC/C=C\C/C=C\CCCCC)CCCn1ccnc1. The Hall–Kier alpha value is -1.87. The molecule has 0 saturated heterocycles. The Balaban J connectivity index is 2.06. The van der Waals surface area contributed by atoms with Gasteiger partial charge in [0.25, 0.3) is 0 Å². The van der Waals surface area contributed by atoms with Crippen LogP contribution < -0.4 is 0 Å². The minimum Gasteiger partial charge on any atom is -0.337 e. The maximum atomic E-state index is 4.21. The van der Waals surface area contributed by atoms with Gasteiger partial charge in [-0.25, -0.2) is 4.98 Å². The lowest BCUT2D eigenvalue weighted by molar-refractivity contribution is 0.252. The summed E-state index contributed by atoms with van der Waals surface area (Å²) in [6, 6.07) is 0. The Kier molecular flexibility index (Phi) is 32.0. The molecule has 0 unspecified atom stereocenters. The van der Waals surface area contributed by atoms with Gasteiger partial charge < -0.3 is 9.47 Å². The molecule has 1 heterocycles. The van der Waals surface area contributed by atoms with E-state index >= 15 is 0 Å². The summed E-state index contributed by atoms with van der Waals surface area (Å²) >= 11 is 0. The van der Waals surface area contributed by atoms with E-state index in [-0.39, 0.29) is 0 Å². The van der Waals surface area contributed by atoms with Crippen molar-refractivity contribution >= 4 is 0 Å². The van der Waals surface area contributed by atoms with E-state index in [0.29, 0.717) is 0 Å². The lowest BCUT2D eigenvalue weighted by Gasteiger charge is -2.22. The van der Waals surface area contributed by atoms with Gasteiger partial charge in [0, 0.05) is 18.9 Å². The van der Waals surface area contributed by atoms with Gasteiger partial charge in [-0.1, -0.05) is 140 Å². The van der Waals surface area contributed by atoms with Crippen LogP contribution in [-0.4, -0.2) is 34.1 Å². The van der Waals surface area contributed by atoms with Crippen molar-refractivity contribution in [3.63, 3.8) is 0 Å². The highest BCUT2D eigenvalue weighted by atomic mass is 15.1. The third-order valence-corrected chi connectivity index (χ3v) is 8.80. The van der Waals surface area contributed by atoms with Gasteiger partial charge in [0.1, 0.15) is 0 Å². The molecule has 1 aromatic heterocycles. The Morgan fingerprint density at radius 1 is 0.467 bits per heavy atom. The normalized spacial score (nSPS) is 12.4. The topological polar surface area (TPSA) is 21.1 Å². The molecule has 0 fully saturated rings. The van der Waals surface area contributed by atoms with E-state index in [4.69, 9.17) is 0 Å². The zero-order chi connectivity index (χ0) is 32.1. The van der Waals surface area contributed by atoms with E-state index in [1.165, 1.54) is 167 Å². The van der Waals surface area contributed by atoms with Gasteiger partial charge in [-0.05, 0) is 103 Å². The molecule has 1 aromatic rings. The molecule has 0 aliphatic carbocycles. The number of rotatable bonds is 34. The molecule has 3 heteroatoms. The maximum Gasteiger partial charge on any atom is 0.0945 e. The van der Waals surface area contributed by atoms with Crippen LogP contribution in [0.3, 0.4) is 0 Å². The highest BCUT2D eigenvalue weighted by molar-refractivity contribution is 4.93. The number of allylic oxidation sites excluding steroid dienone is 8. The molecule has 3 nitrogen and oxygen atoms in total. The average Bonchev–Trinajstić information content (AvgIpc) is 3.57. The highest BCUT2D eigenvalue weighted by Crippen LogP contribution is 2.12. The van der Waals surface area contributed by atoms with Crippen molar-refractivity contribution < 1.29 is 0 Å². The number of aryl methyl sites for hydroxylation is 1. The molecular formula is C42H75N3. The van der Waals surface area contributed by atoms with E-state index in [9.17, 15) is 0 Å². The number of unbranched alkanes of at least 4 members (excludes halogenated alkanes) is 18. The zero-order valence-electron chi connectivity index (χ0n) is 30.2. The molecule has 0 aliphatic rings. The minimum absolute atomic E-state index is 1.09. The summed E-state index contributed by atoms with van der Waals surface area (Å²) in [7, 11) is 0.